The molecule has 1 saturated heterocycles. The zero-order valence-corrected chi connectivity index (χ0v) is 18.5. The second kappa shape index (κ2) is 8.79. The van der Waals surface area contributed by atoms with Gasteiger partial charge in [-0.25, -0.2) is 4.79 Å². The molecule has 2 fully saturated rings. The fraction of sp³-hybridized carbons (Fsp3) is 0.545. The minimum absolute atomic E-state index is 0.0187. The highest BCUT2D eigenvalue weighted by atomic mass is 32.2. The predicted molar refractivity (Wildman–Crippen MR) is 115 cm³/mol. The highest BCUT2D eigenvalue weighted by molar-refractivity contribution is 7.98. The summed E-state index contributed by atoms with van der Waals surface area (Å²) in [5.74, 6) is 0.985. The van der Waals surface area contributed by atoms with Crippen molar-refractivity contribution in [1.82, 2.24) is 19.9 Å². The summed E-state index contributed by atoms with van der Waals surface area (Å²) in [6, 6.07) is 7.65. The van der Waals surface area contributed by atoms with Crippen LogP contribution >= 0.6 is 11.8 Å². The van der Waals surface area contributed by atoms with Crippen molar-refractivity contribution in [3.05, 3.63) is 30.2 Å². The third-order valence-corrected chi connectivity index (χ3v) is 6.60. The Morgan fingerprint density at radius 2 is 1.90 bits per heavy atom. The summed E-state index contributed by atoms with van der Waals surface area (Å²) in [4.78, 5) is 35.1. The van der Waals surface area contributed by atoms with Crippen LogP contribution in [0.3, 0.4) is 0 Å². The molecule has 1 aromatic carbocycles. The van der Waals surface area contributed by atoms with Crippen molar-refractivity contribution < 1.29 is 14.1 Å². The molecule has 0 spiro atoms. The molecule has 2 atom stereocenters. The van der Waals surface area contributed by atoms with Gasteiger partial charge in [0.15, 0.2) is 0 Å². The Balaban J connectivity index is 1.56. The third-order valence-electron chi connectivity index (χ3n) is 5.86. The topological polar surface area (TPSA) is 79.5 Å². The van der Waals surface area contributed by atoms with E-state index < -0.39 is 0 Å². The van der Waals surface area contributed by atoms with E-state index in [-0.39, 0.29) is 36.4 Å². The van der Waals surface area contributed by atoms with Crippen molar-refractivity contribution in [2.75, 3.05) is 12.8 Å². The molecule has 30 heavy (non-hydrogen) atoms. The zero-order chi connectivity index (χ0) is 21.3. The maximum absolute atomic E-state index is 13.2. The van der Waals surface area contributed by atoms with Gasteiger partial charge in [0.2, 0.25) is 17.6 Å². The van der Waals surface area contributed by atoms with Crippen LogP contribution in [0.25, 0.3) is 11.4 Å². The van der Waals surface area contributed by atoms with Crippen LogP contribution in [0.2, 0.25) is 0 Å². The summed E-state index contributed by atoms with van der Waals surface area (Å²) >= 11 is 1.68. The molecule has 7 nitrogen and oxygen atoms in total. The molecule has 1 aromatic heterocycles. The summed E-state index contributed by atoms with van der Waals surface area (Å²) in [7, 11) is 0. The number of aromatic nitrogens is 2. The lowest BCUT2D eigenvalue weighted by Crippen LogP contribution is -2.62. The molecule has 2 aromatic rings. The molecule has 2 unspecified atom stereocenters. The van der Waals surface area contributed by atoms with Crippen LogP contribution in [0.4, 0.5) is 4.79 Å². The molecular formula is C22H28N4O3S. The molecule has 1 aliphatic carbocycles. The van der Waals surface area contributed by atoms with Crippen LogP contribution in [-0.4, -0.2) is 50.7 Å². The van der Waals surface area contributed by atoms with Gasteiger partial charge in [0, 0.05) is 23.0 Å². The molecule has 3 amide bonds. The smallest absolute Gasteiger partial charge is 0.327 e. The lowest BCUT2D eigenvalue weighted by molar-refractivity contribution is -0.141. The van der Waals surface area contributed by atoms with Gasteiger partial charge >= 0.3 is 6.03 Å². The largest absolute Gasteiger partial charge is 0.337 e. The monoisotopic (exact) mass is 428 g/mol. The number of hydrogen-bond donors (Lipinski definition) is 0. The predicted octanol–water partition coefficient (Wildman–Crippen LogP) is 4.44. The number of hydrogen-bond acceptors (Lipinski definition) is 6. The van der Waals surface area contributed by atoms with E-state index in [1.54, 1.807) is 16.7 Å². The molecule has 2 heterocycles. The van der Waals surface area contributed by atoms with Gasteiger partial charge in [-0.2, -0.15) is 4.98 Å². The van der Waals surface area contributed by atoms with Gasteiger partial charge in [-0.1, -0.05) is 31.8 Å². The van der Waals surface area contributed by atoms with E-state index in [2.05, 4.69) is 10.1 Å². The van der Waals surface area contributed by atoms with Gasteiger partial charge in [-0.15, -0.1) is 11.8 Å². The van der Waals surface area contributed by atoms with Gasteiger partial charge in [0.05, 0.1) is 5.92 Å². The molecule has 1 saturated carbocycles. The molecule has 0 N–H and O–H groups in total. The van der Waals surface area contributed by atoms with Gasteiger partial charge in [0.25, 0.3) is 0 Å². The number of fused-ring (bicyclic) bond motifs is 1. The van der Waals surface area contributed by atoms with Crippen LogP contribution in [0.1, 0.15) is 45.4 Å². The fourth-order valence-corrected chi connectivity index (χ4v) is 4.81. The molecule has 0 radical (unpaired) electrons. The SMILES string of the molecule is CSc1ccc(-c2noc(CN3C(=O)N(CC(C)C)C(=O)C4CCCCC43)n2)cc1. The number of nitrogens with zero attached hydrogens (tertiary/aromatic N) is 4. The van der Waals surface area contributed by atoms with Gasteiger partial charge < -0.3 is 9.42 Å². The van der Waals surface area contributed by atoms with E-state index in [0.29, 0.717) is 18.3 Å². The number of carbonyl (C=O) groups excluding carboxylic acids is 2. The van der Waals surface area contributed by atoms with Crippen LogP contribution in [0.5, 0.6) is 0 Å². The number of rotatable bonds is 6. The number of urea groups is 1. The Bertz CT molecular complexity index is 911. The van der Waals surface area contributed by atoms with E-state index in [1.165, 1.54) is 9.80 Å². The molecule has 0 bridgehead atoms. The lowest BCUT2D eigenvalue weighted by atomic mass is 9.81. The average Bonchev–Trinajstić information content (AvgIpc) is 3.23. The van der Waals surface area contributed by atoms with Crippen molar-refractivity contribution in [2.45, 2.75) is 57.0 Å². The number of thioether (sulfide) groups is 1. The molecular weight excluding hydrogens is 400 g/mol. The quantitative estimate of drug-likeness (QED) is 0.633. The van der Waals surface area contributed by atoms with Crippen LogP contribution in [0, 0.1) is 11.8 Å². The highest BCUT2D eigenvalue weighted by Gasteiger charge is 2.47. The number of benzene rings is 1. The van der Waals surface area contributed by atoms with Crippen LogP contribution < -0.4 is 0 Å². The van der Waals surface area contributed by atoms with Crippen molar-refractivity contribution in [3.8, 4) is 11.4 Å². The summed E-state index contributed by atoms with van der Waals surface area (Å²) in [6.07, 6.45) is 5.76. The van der Waals surface area contributed by atoms with Gasteiger partial charge in [-0.05, 0) is 49.3 Å². The van der Waals surface area contributed by atoms with E-state index in [4.69, 9.17) is 4.52 Å². The van der Waals surface area contributed by atoms with E-state index in [9.17, 15) is 9.59 Å². The molecule has 1 aliphatic heterocycles. The minimum atomic E-state index is -0.235. The zero-order valence-electron chi connectivity index (χ0n) is 17.7. The van der Waals surface area contributed by atoms with Gasteiger partial charge in [0.1, 0.15) is 6.54 Å². The molecule has 160 valence electrons. The summed E-state index contributed by atoms with van der Waals surface area (Å²) < 4.78 is 5.49. The summed E-state index contributed by atoms with van der Waals surface area (Å²) in [5.41, 5.74) is 0.875. The van der Waals surface area contributed by atoms with Crippen molar-refractivity contribution in [3.63, 3.8) is 0 Å². The van der Waals surface area contributed by atoms with Crippen molar-refractivity contribution >= 4 is 23.7 Å². The first kappa shape index (κ1) is 20.9. The van der Waals surface area contributed by atoms with E-state index in [0.717, 1.165) is 31.2 Å². The average molecular weight is 429 g/mol. The Labute approximate surface area is 181 Å². The van der Waals surface area contributed by atoms with Crippen molar-refractivity contribution in [1.29, 1.82) is 0 Å². The van der Waals surface area contributed by atoms with E-state index in [1.807, 2.05) is 44.4 Å². The number of carbonyl (C=O) groups is 2. The first-order valence-electron chi connectivity index (χ1n) is 10.6. The standard InChI is InChI=1S/C22H28N4O3S/c1-14(2)12-26-21(27)17-6-4-5-7-18(17)25(22(26)28)13-19-23-20(24-29-19)15-8-10-16(30-3)11-9-15/h8-11,14,17-18H,4-7,12-13H2,1-3H3. The van der Waals surface area contributed by atoms with Crippen molar-refractivity contribution in [2.24, 2.45) is 11.8 Å². The summed E-state index contributed by atoms with van der Waals surface area (Å²) in [6.45, 7) is 4.71. The second-order valence-corrected chi connectivity index (χ2v) is 9.33. The second-order valence-electron chi connectivity index (χ2n) is 8.45. The third kappa shape index (κ3) is 4.10. The summed E-state index contributed by atoms with van der Waals surface area (Å²) in [5, 5.41) is 4.11. The Morgan fingerprint density at radius 3 is 2.60 bits per heavy atom. The van der Waals surface area contributed by atoms with Crippen LogP contribution in [0.15, 0.2) is 33.7 Å². The first-order valence-corrected chi connectivity index (χ1v) is 11.8. The maximum atomic E-state index is 13.2. The minimum Gasteiger partial charge on any atom is -0.337 e. The number of imide groups is 1. The Kier molecular flexibility index (Phi) is 6.13. The molecule has 4 rings (SSSR count). The first-order chi connectivity index (χ1) is 14.5. The molecule has 8 heteroatoms. The van der Waals surface area contributed by atoms with E-state index >= 15 is 0 Å². The van der Waals surface area contributed by atoms with Crippen LogP contribution in [-0.2, 0) is 11.3 Å². The molecule has 2 aliphatic rings. The Morgan fingerprint density at radius 1 is 1.17 bits per heavy atom. The fourth-order valence-electron chi connectivity index (χ4n) is 4.40. The Hall–Kier alpha value is -2.35. The van der Waals surface area contributed by atoms with Gasteiger partial charge in [-0.3, -0.25) is 9.69 Å². The normalized spacial score (nSPS) is 22.0. The lowest BCUT2D eigenvalue weighted by Gasteiger charge is -2.46. The maximum Gasteiger partial charge on any atom is 0.327 e. The number of amides is 3. The highest BCUT2D eigenvalue weighted by Crippen LogP contribution is 2.35.